The molecule has 0 aromatic heterocycles. The zero-order valence-corrected chi connectivity index (χ0v) is 13.5. The standard InChI is InChI=1S/C18H24O3/c1-12-7-6-8-15-16(12)18(10-9-17(15,4)19-5)20-13(2)11-14(3)21-18/h6-10,13-14H,11H2,1-5H3/t13-,14+,17?,18?. The van der Waals surface area contributed by atoms with Crippen LogP contribution in [0.3, 0.4) is 0 Å². The normalized spacial score (nSPS) is 38.5. The van der Waals surface area contributed by atoms with Crippen molar-refractivity contribution in [2.45, 2.75) is 57.7 Å². The van der Waals surface area contributed by atoms with Crippen molar-refractivity contribution in [2.75, 3.05) is 7.11 Å². The van der Waals surface area contributed by atoms with Crippen LogP contribution in [-0.2, 0) is 25.6 Å². The molecule has 0 bridgehead atoms. The Kier molecular flexibility index (Phi) is 3.47. The topological polar surface area (TPSA) is 27.7 Å². The summed E-state index contributed by atoms with van der Waals surface area (Å²) >= 11 is 0. The average molecular weight is 288 g/mol. The van der Waals surface area contributed by atoms with Gasteiger partial charge in [0.05, 0.1) is 12.2 Å². The van der Waals surface area contributed by atoms with E-state index in [2.05, 4.69) is 52.0 Å². The van der Waals surface area contributed by atoms with E-state index in [4.69, 9.17) is 14.2 Å². The first-order valence-electron chi connectivity index (χ1n) is 7.62. The van der Waals surface area contributed by atoms with Crippen molar-refractivity contribution in [1.82, 2.24) is 0 Å². The van der Waals surface area contributed by atoms with E-state index in [1.807, 2.05) is 6.08 Å². The van der Waals surface area contributed by atoms with Gasteiger partial charge in [-0.25, -0.2) is 0 Å². The second kappa shape index (κ2) is 4.94. The molecule has 1 heterocycles. The molecule has 0 N–H and O–H groups in total. The van der Waals surface area contributed by atoms with Gasteiger partial charge in [-0.3, -0.25) is 0 Å². The second-order valence-corrected chi connectivity index (χ2v) is 6.40. The maximum absolute atomic E-state index is 6.27. The molecule has 114 valence electrons. The summed E-state index contributed by atoms with van der Waals surface area (Å²) in [5, 5.41) is 0. The fourth-order valence-corrected chi connectivity index (χ4v) is 3.55. The summed E-state index contributed by atoms with van der Waals surface area (Å²) in [6.07, 6.45) is 5.33. The molecule has 0 radical (unpaired) electrons. The van der Waals surface area contributed by atoms with Crippen molar-refractivity contribution in [3.8, 4) is 0 Å². The summed E-state index contributed by atoms with van der Waals surface area (Å²) in [5.41, 5.74) is 2.94. The predicted octanol–water partition coefficient (Wildman–Crippen LogP) is 3.79. The first kappa shape index (κ1) is 14.8. The zero-order chi connectivity index (χ0) is 15.3. The van der Waals surface area contributed by atoms with Gasteiger partial charge >= 0.3 is 0 Å². The van der Waals surface area contributed by atoms with Gasteiger partial charge in [0.15, 0.2) is 0 Å². The molecular formula is C18H24O3. The van der Waals surface area contributed by atoms with Gasteiger partial charge in [-0.15, -0.1) is 0 Å². The van der Waals surface area contributed by atoms with Gasteiger partial charge in [0.1, 0.15) is 5.60 Å². The van der Waals surface area contributed by atoms with Gasteiger partial charge in [-0.2, -0.15) is 0 Å². The van der Waals surface area contributed by atoms with Gasteiger partial charge in [0.25, 0.3) is 0 Å². The van der Waals surface area contributed by atoms with E-state index in [-0.39, 0.29) is 12.2 Å². The summed E-state index contributed by atoms with van der Waals surface area (Å²) in [6, 6.07) is 6.27. The van der Waals surface area contributed by atoms with Crippen LogP contribution in [0.4, 0.5) is 0 Å². The van der Waals surface area contributed by atoms with Gasteiger partial charge in [-0.05, 0) is 57.4 Å². The molecule has 2 aliphatic rings. The van der Waals surface area contributed by atoms with Crippen LogP contribution in [0.25, 0.3) is 0 Å². The van der Waals surface area contributed by atoms with E-state index in [1.165, 1.54) is 5.56 Å². The number of methoxy groups -OCH3 is 1. The van der Waals surface area contributed by atoms with Gasteiger partial charge in [-0.1, -0.05) is 18.2 Å². The molecule has 1 aliphatic carbocycles. The van der Waals surface area contributed by atoms with Crippen molar-refractivity contribution in [2.24, 2.45) is 0 Å². The molecular weight excluding hydrogens is 264 g/mol. The maximum atomic E-state index is 6.27. The number of rotatable bonds is 1. The molecule has 2 unspecified atom stereocenters. The molecule has 1 spiro atoms. The highest BCUT2D eigenvalue weighted by atomic mass is 16.7. The van der Waals surface area contributed by atoms with Gasteiger partial charge < -0.3 is 14.2 Å². The quantitative estimate of drug-likeness (QED) is 0.736. The highest BCUT2D eigenvalue weighted by molar-refractivity contribution is 5.48. The van der Waals surface area contributed by atoms with Crippen molar-refractivity contribution in [3.05, 3.63) is 47.0 Å². The Labute approximate surface area is 126 Å². The molecule has 1 aromatic rings. The Hall–Kier alpha value is -1.16. The number of fused-ring (bicyclic) bond motifs is 2. The molecule has 1 aromatic carbocycles. The van der Waals surface area contributed by atoms with Crippen molar-refractivity contribution >= 4 is 0 Å². The Balaban J connectivity index is 2.20. The van der Waals surface area contributed by atoms with Crippen molar-refractivity contribution in [3.63, 3.8) is 0 Å². The predicted molar refractivity (Wildman–Crippen MR) is 82.1 cm³/mol. The first-order valence-corrected chi connectivity index (χ1v) is 7.62. The van der Waals surface area contributed by atoms with Crippen molar-refractivity contribution in [1.29, 1.82) is 0 Å². The molecule has 3 nitrogen and oxygen atoms in total. The average Bonchev–Trinajstić information content (AvgIpc) is 2.42. The van der Waals surface area contributed by atoms with Crippen LogP contribution in [0.15, 0.2) is 30.4 Å². The summed E-state index contributed by atoms with van der Waals surface area (Å²) in [6.45, 7) is 8.39. The van der Waals surface area contributed by atoms with Crippen molar-refractivity contribution < 1.29 is 14.2 Å². The lowest BCUT2D eigenvalue weighted by Gasteiger charge is -2.47. The fourth-order valence-electron chi connectivity index (χ4n) is 3.55. The molecule has 4 atom stereocenters. The molecule has 1 fully saturated rings. The molecule has 1 saturated heterocycles. The molecule has 0 saturated carbocycles. The van der Waals surface area contributed by atoms with E-state index >= 15 is 0 Å². The largest absolute Gasteiger partial charge is 0.370 e. The van der Waals surface area contributed by atoms with Crippen LogP contribution in [0, 0.1) is 6.92 Å². The Morgan fingerprint density at radius 2 is 1.81 bits per heavy atom. The minimum atomic E-state index is -0.782. The van der Waals surface area contributed by atoms with Gasteiger partial charge in [0, 0.05) is 12.7 Å². The van der Waals surface area contributed by atoms with E-state index < -0.39 is 11.4 Å². The summed E-state index contributed by atoms with van der Waals surface area (Å²) in [7, 11) is 1.74. The zero-order valence-electron chi connectivity index (χ0n) is 13.5. The highest BCUT2D eigenvalue weighted by Gasteiger charge is 2.47. The third-order valence-electron chi connectivity index (χ3n) is 4.62. The Morgan fingerprint density at radius 3 is 2.43 bits per heavy atom. The second-order valence-electron chi connectivity index (χ2n) is 6.40. The van der Waals surface area contributed by atoms with Crippen LogP contribution in [0.5, 0.6) is 0 Å². The molecule has 3 rings (SSSR count). The van der Waals surface area contributed by atoms with Crippen LogP contribution in [0.1, 0.15) is 43.9 Å². The SMILES string of the molecule is COC1(C)C=CC2(O[C@H](C)C[C@H](C)O2)c2c(C)cccc21. The summed E-state index contributed by atoms with van der Waals surface area (Å²) < 4.78 is 18.3. The minimum Gasteiger partial charge on any atom is -0.370 e. The monoisotopic (exact) mass is 288 g/mol. The molecule has 21 heavy (non-hydrogen) atoms. The van der Waals surface area contributed by atoms with E-state index in [9.17, 15) is 0 Å². The molecule has 0 amide bonds. The Bertz CT molecular complexity index is 568. The number of aryl methyl sites for hydroxylation is 1. The summed E-state index contributed by atoms with van der Waals surface area (Å²) in [4.78, 5) is 0. The maximum Gasteiger partial charge on any atom is 0.216 e. The summed E-state index contributed by atoms with van der Waals surface area (Å²) in [5.74, 6) is -0.782. The van der Waals surface area contributed by atoms with Crippen LogP contribution < -0.4 is 0 Å². The first-order chi connectivity index (χ1) is 9.90. The number of benzene rings is 1. The van der Waals surface area contributed by atoms with E-state index in [1.54, 1.807) is 7.11 Å². The number of ether oxygens (including phenoxy) is 3. The number of hydrogen-bond donors (Lipinski definition) is 0. The Morgan fingerprint density at radius 1 is 1.14 bits per heavy atom. The fraction of sp³-hybridized carbons (Fsp3) is 0.556. The number of hydrogen-bond acceptors (Lipinski definition) is 3. The van der Waals surface area contributed by atoms with Crippen LogP contribution in [0.2, 0.25) is 0 Å². The van der Waals surface area contributed by atoms with Crippen LogP contribution in [-0.4, -0.2) is 19.3 Å². The highest BCUT2D eigenvalue weighted by Crippen LogP contribution is 2.47. The van der Waals surface area contributed by atoms with E-state index in [0.717, 1.165) is 17.5 Å². The minimum absolute atomic E-state index is 0.165. The molecule has 3 heteroatoms. The van der Waals surface area contributed by atoms with Crippen LogP contribution >= 0.6 is 0 Å². The molecule has 1 aliphatic heterocycles. The van der Waals surface area contributed by atoms with E-state index in [0.29, 0.717) is 0 Å². The lowest BCUT2D eigenvalue weighted by Crippen LogP contribution is -2.47. The lowest BCUT2D eigenvalue weighted by atomic mass is 9.79. The lowest BCUT2D eigenvalue weighted by molar-refractivity contribution is -0.296. The van der Waals surface area contributed by atoms with Gasteiger partial charge in [0.2, 0.25) is 5.79 Å². The third kappa shape index (κ3) is 2.24. The third-order valence-corrected chi connectivity index (χ3v) is 4.62. The smallest absolute Gasteiger partial charge is 0.216 e.